The lowest BCUT2D eigenvalue weighted by Gasteiger charge is -2.17. The molecule has 2 N–H and O–H groups in total. The maximum atomic E-state index is 13.2. The lowest BCUT2D eigenvalue weighted by molar-refractivity contribution is 0.373. The van der Waals surface area contributed by atoms with Crippen molar-refractivity contribution in [1.82, 2.24) is 0 Å². The Kier molecular flexibility index (Phi) is 1.86. The van der Waals surface area contributed by atoms with Gasteiger partial charge >= 0.3 is 0 Å². The number of para-hydroxylation sites is 1. The van der Waals surface area contributed by atoms with Gasteiger partial charge in [0.2, 0.25) is 5.88 Å². The first-order valence-electron chi connectivity index (χ1n) is 4.06. The van der Waals surface area contributed by atoms with Crippen molar-refractivity contribution in [3.05, 3.63) is 41.0 Å². The second kappa shape index (κ2) is 3.04. The van der Waals surface area contributed by atoms with Crippen LogP contribution in [-0.2, 0) is 6.42 Å². The summed E-state index contributed by atoms with van der Waals surface area (Å²) in [6.07, 6.45) is 0.329. The molecule has 0 saturated carbocycles. The maximum Gasteiger partial charge on any atom is 0.205 e. The molecule has 1 heterocycles. The number of hydrogen-bond acceptors (Lipinski definition) is 3. The first-order chi connectivity index (χ1) is 6.72. The molecule has 0 aromatic heterocycles. The minimum absolute atomic E-state index is 0.00917. The van der Waals surface area contributed by atoms with Gasteiger partial charge < -0.3 is 10.5 Å². The fourth-order valence-corrected chi connectivity index (χ4v) is 1.35. The van der Waals surface area contributed by atoms with Crippen LogP contribution in [0.3, 0.4) is 0 Å². The van der Waals surface area contributed by atoms with Crippen LogP contribution in [-0.4, -0.2) is 0 Å². The Morgan fingerprint density at radius 3 is 3.00 bits per heavy atom. The third-order valence-corrected chi connectivity index (χ3v) is 2.06. The third kappa shape index (κ3) is 1.19. The molecule has 0 bridgehead atoms. The molecule has 0 radical (unpaired) electrons. The van der Waals surface area contributed by atoms with Crippen molar-refractivity contribution in [3.8, 4) is 11.8 Å². The molecule has 0 unspecified atom stereocenters. The minimum atomic E-state index is -0.456. The second-order valence-corrected chi connectivity index (χ2v) is 2.96. The van der Waals surface area contributed by atoms with E-state index in [1.807, 2.05) is 6.07 Å². The molecule has 1 aliphatic rings. The van der Waals surface area contributed by atoms with E-state index in [4.69, 9.17) is 15.7 Å². The molecule has 1 aromatic carbocycles. The highest BCUT2D eigenvalue weighted by Gasteiger charge is 2.20. The van der Waals surface area contributed by atoms with Crippen LogP contribution in [0.5, 0.6) is 5.75 Å². The molecule has 0 fully saturated rings. The van der Waals surface area contributed by atoms with E-state index in [1.54, 1.807) is 12.1 Å². The van der Waals surface area contributed by atoms with Gasteiger partial charge in [-0.05, 0) is 6.07 Å². The summed E-state index contributed by atoms with van der Waals surface area (Å²) >= 11 is 0. The van der Waals surface area contributed by atoms with E-state index >= 15 is 0 Å². The smallest absolute Gasteiger partial charge is 0.205 e. The summed E-state index contributed by atoms with van der Waals surface area (Å²) in [7, 11) is 0. The van der Waals surface area contributed by atoms with Crippen molar-refractivity contribution in [3.63, 3.8) is 0 Å². The largest absolute Gasteiger partial charge is 0.437 e. The second-order valence-electron chi connectivity index (χ2n) is 2.96. The molecule has 0 amide bonds. The number of halogens is 1. The number of allylic oxidation sites excluding steroid dienone is 1. The fourth-order valence-electron chi connectivity index (χ4n) is 1.35. The van der Waals surface area contributed by atoms with Crippen LogP contribution in [0.25, 0.3) is 0 Å². The highest BCUT2D eigenvalue weighted by molar-refractivity contribution is 5.45. The summed E-state index contributed by atoms with van der Waals surface area (Å²) < 4.78 is 18.2. The minimum Gasteiger partial charge on any atom is -0.437 e. The topological polar surface area (TPSA) is 59.0 Å². The first kappa shape index (κ1) is 8.57. The van der Waals surface area contributed by atoms with E-state index in [1.165, 1.54) is 6.07 Å². The number of nitrogens with two attached hydrogens (primary N) is 1. The number of hydrogen-bond donors (Lipinski definition) is 1. The number of nitrogens with zero attached hydrogens (tertiary/aromatic N) is 1. The van der Waals surface area contributed by atoms with Gasteiger partial charge in [-0.3, -0.25) is 0 Å². The van der Waals surface area contributed by atoms with E-state index in [-0.39, 0.29) is 11.6 Å². The molecular weight excluding hydrogens is 183 g/mol. The van der Waals surface area contributed by atoms with Gasteiger partial charge in [0.05, 0.1) is 5.57 Å². The summed E-state index contributed by atoms with van der Waals surface area (Å²) in [5.74, 6) is -0.337. The van der Waals surface area contributed by atoms with Crippen LogP contribution < -0.4 is 10.5 Å². The van der Waals surface area contributed by atoms with Gasteiger partial charge in [-0.2, -0.15) is 5.26 Å². The predicted molar refractivity (Wildman–Crippen MR) is 47.6 cm³/mol. The van der Waals surface area contributed by atoms with E-state index < -0.39 is 5.82 Å². The maximum absolute atomic E-state index is 13.2. The van der Waals surface area contributed by atoms with Crippen LogP contribution in [0.4, 0.5) is 4.39 Å². The van der Waals surface area contributed by atoms with Crippen molar-refractivity contribution in [2.75, 3.05) is 0 Å². The van der Waals surface area contributed by atoms with Gasteiger partial charge in [-0.15, -0.1) is 0 Å². The van der Waals surface area contributed by atoms with Crippen LogP contribution in [0.1, 0.15) is 5.56 Å². The highest BCUT2D eigenvalue weighted by atomic mass is 19.1. The van der Waals surface area contributed by atoms with Crippen molar-refractivity contribution >= 4 is 0 Å². The summed E-state index contributed by atoms with van der Waals surface area (Å²) in [5.41, 5.74) is 6.43. The Morgan fingerprint density at radius 2 is 2.29 bits per heavy atom. The van der Waals surface area contributed by atoms with E-state index in [9.17, 15) is 4.39 Å². The molecule has 0 aliphatic carbocycles. The van der Waals surface area contributed by atoms with Crippen LogP contribution in [0.2, 0.25) is 0 Å². The standard InChI is InChI=1S/C10H7FN2O/c11-8-3-1-2-6-4-7(5-12)10(13)14-9(6)8/h1-3H,4,13H2. The van der Waals surface area contributed by atoms with Gasteiger partial charge in [0, 0.05) is 12.0 Å². The zero-order chi connectivity index (χ0) is 10.1. The van der Waals surface area contributed by atoms with E-state index in [0.29, 0.717) is 17.6 Å². The van der Waals surface area contributed by atoms with Gasteiger partial charge in [-0.1, -0.05) is 12.1 Å². The van der Waals surface area contributed by atoms with Crippen LogP contribution in [0.15, 0.2) is 29.7 Å². The molecule has 1 aliphatic heterocycles. The quantitative estimate of drug-likeness (QED) is 0.673. The van der Waals surface area contributed by atoms with Crippen molar-refractivity contribution in [2.45, 2.75) is 6.42 Å². The molecule has 0 spiro atoms. The van der Waals surface area contributed by atoms with Crippen LogP contribution >= 0.6 is 0 Å². The summed E-state index contributed by atoms with van der Waals surface area (Å²) in [6.45, 7) is 0. The predicted octanol–water partition coefficient (Wildman–Crippen LogP) is 1.45. The fraction of sp³-hybridized carbons (Fsp3) is 0.100. The van der Waals surface area contributed by atoms with Crippen LogP contribution in [0, 0.1) is 17.1 Å². The molecule has 4 heteroatoms. The van der Waals surface area contributed by atoms with Gasteiger partial charge in [0.15, 0.2) is 11.6 Å². The Hall–Kier alpha value is -2.02. The van der Waals surface area contributed by atoms with Crippen molar-refractivity contribution in [1.29, 1.82) is 5.26 Å². The average Bonchev–Trinajstić information content (AvgIpc) is 2.19. The SMILES string of the molecule is N#CC1=C(N)Oc2c(F)cccc2C1. The zero-order valence-corrected chi connectivity index (χ0v) is 7.25. The molecule has 2 rings (SSSR count). The Balaban J connectivity index is 2.50. The van der Waals surface area contributed by atoms with E-state index in [2.05, 4.69) is 0 Å². The normalized spacial score (nSPS) is 14.3. The molecule has 3 nitrogen and oxygen atoms in total. The zero-order valence-electron chi connectivity index (χ0n) is 7.25. The summed E-state index contributed by atoms with van der Waals surface area (Å²) in [6, 6.07) is 6.50. The number of rotatable bonds is 0. The number of ether oxygens (including phenoxy) is 1. The van der Waals surface area contributed by atoms with E-state index in [0.717, 1.165) is 0 Å². The first-order valence-corrected chi connectivity index (χ1v) is 4.06. The Morgan fingerprint density at radius 1 is 1.50 bits per heavy atom. The highest BCUT2D eigenvalue weighted by Crippen LogP contribution is 2.30. The molecule has 0 atom stereocenters. The molecular formula is C10H7FN2O. The number of fused-ring (bicyclic) bond motifs is 1. The summed E-state index contributed by atoms with van der Waals surface area (Å²) in [4.78, 5) is 0. The van der Waals surface area contributed by atoms with Gasteiger partial charge in [-0.25, -0.2) is 4.39 Å². The monoisotopic (exact) mass is 190 g/mol. The molecule has 70 valence electrons. The Bertz CT molecular complexity index is 460. The summed E-state index contributed by atoms with van der Waals surface area (Å²) in [5, 5.41) is 8.69. The lowest BCUT2D eigenvalue weighted by atomic mass is 10.0. The third-order valence-electron chi connectivity index (χ3n) is 2.06. The number of nitriles is 1. The van der Waals surface area contributed by atoms with Gasteiger partial charge in [0.25, 0.3) is 0 Å². The molecule has 14 heavy (non-hydrogen) atoms. The Labute approximate surface area is 80.2 Å². The van der Waals surface area contributed by atoms with Crippen molar-refractivity contribution in [2.24, 2.45) is 5.73 Å². The van der Waals surface area contributed by atoms with Gasteiger partial charge in [0.1, 0.15) is 6.07 Å². The lowest BCUT2D eigenvalue weighted by Crippen LogP contribution is -2.17. The molecule has 0 saturated heterocycles. The number of benzene rings is 1. The molecule has 1 aromatic rings. The van der Waals surface area contributed by atoms with Crippen molar-refractivity contribution < 1.29 is 9.13 Å². The average molecular weight is 190 g/mol.